The first-order valence-electron chi connectivity index (χ1n) is 12.8. The average Bonchev–Trinajstić information content (AvgIpc) is 2.92. The summed E-state index contributed by atoms with van der Waals surface area (Å²) in [7, 11) is -0.768. The molecule has 0 aromatic heterocycles. The third-order valence-corrected chi connectivity index (χ3v) is 8.12. The van der Waals surface area contributed by atoms with Gasteiger partial charge in [-0.25, -0.2) is 4.79 Å². The lowest BCUT2D eigenvalue weighted by Crippen LogP contribution is -2.63. The Balaban J connectivity index is 1.70. The number of rotatable bonds is 11. The lowest BCUT2D eigenvalue weighted by molar-refractivity contribution is -0.232. The molecule has 6 nitrogen and oxygen atoms in total. The highest BCUT2D eigenvalue weighted by atomic mass is 32.2. The van der Waals surface area contributed by atoms with Gasteiger partial charge in [-0.05, 0) is 42.9 Å². The van der Waals surface area contributed by atoms with Gasteiger partial charge in [-0.15, -0.1) is 0 Å². The van der Waals surface area contributed by atoms with Gasteiger partial charge < -0.3 is 23.4 Å². The molecule has 4 rings (SSSR count). The summed E-state index contributed by atoms with van der Waals surface area (Å²) in [5.74, 6) is -0.485. The van der Waals surface area contributed by atoms with Crippen molar-refractivity contribution in [3.05, 3.63) is 102 Å². The predicted molar refractivity (Wildman–Crippen MR) is 151 cm³/mol. The van der Waals surface area contributed by atoms with Gasteiger partial charge >= 0.3 is 5.97 Å². The molecule has 0 N–H and O–H groups in total. The largest absolute Gasteiger partial charge is 0.467 e. The molecule has 0 unspecified atom stereocenters. The molecule has 0 radical (unpaired) electrons. The van der Waals surface area contributed by atoms with Gasteiger partial charge in [0.25, 0.3) is 0 Å². The quantitative estimate of drug-likeness (QED) is 0.211. The fourth-order valence-electron chi connectivity index (χ4n) is 4.28. The van der Waals surface area contributed by atoms with E-state index in [0.29, 0.717) is 13.2 Å². The Bertz CT molecular complexity index is 1130. The smallest absolute Gasteiger partial charge is 0.337 e. The van der Waals surface area contributed by atoms with E-state index in [2.05, 4.69) is 19.6 Å². The van der Waals surface area contributed by atoms with E-state index in [4.69, 9.17) is 23.4 Å². The van der Waals surface area contributed by atoms with Gasteiger partial charge in [-0.3, -0.25) is 0 Å². The molecule has 5 atom stereocenters. The normalized spacial score (nSPS) is 23.6. The summed E-state index contributed by atoms with van der Waals surface area (Å²) in [5.41, 5.74) is 1.53. The van der Waals surface area contributed by atoms with E-state index < -0.39 is 44.1 Å². The summed E-state index contributed by atoms with van der Waals surface area (Å²) in [6.45, 7) is 6.97. The average molecular weight is 553 g/mol. The highest BCUT2D eigenvalue weighted by Crippen LogP contribution is 2.39. The molecule has 0 spiro atoms. The number of benzene rings is 3. The Morgan fingerprint density at radius 1 is 0.763 bits per heavy atom. The number of thioether (sulfide) groups is 1. The second-order valence-corrected chi connectivity index (χ2v) is 15.7. The molecule has 8 heteroatoms. The number of hydrogen-bond donors (Lipinski definition) is 0. The molecule has 1 heterocycles. The molecular weight excluding hydrogens is 516 g/mol. The molecule has 3 aromatic carbocycles. The van der Waals surface area contributed by atoms with Crippen LogP contribution in [0.2, 0.25) is 19.6 Å². The number of ether oxygens (including phenoxy) is 4. The number of hydrogen-bond acceptors (Lipinski definition) is 7. The van der Waals surface area contributed by atoms with E-state index in [1.54, 1.807) is 0 Å². The van der Waals surface area contributed by atoms with E-state index in [-0.39, 0.29) is 0 Å². The minimum Gasteiger partial charge on any atom is -0.467 e. The zero-order chi connectivity index (χ0) is 27.0. The van der Waals surface area contributed by atoms with Gasteiger partial charge in [0.2, 0.25) is 0 Å². The molecular formula is C30H36O6SSi. The Hall–Kier alpha value is -2.46. The summed E-state index contributed by atoms with van der Waals surface area (Å²) in [6, 6.07) is 29.9. The standard InChI is InChI=1S/C30H36O6SSi/c1-32-29(31)27-26(36-38(2,3)4)25(33-20-22-14-8-5-9-15-22)28(34-21-23-16-10-6-11-17-23)30(35-27)37-24-18-12-7-13-19-24/h5-19,25-28,30H,20-21H2,1-4H3/t25-,26+,27-,28+,30-/m0/s1. The zero-order valence-corrected chi connectivity index (χ0v) is 24.1. The Labute approximate surface area is 230 Å². The van der Waals surface area contributed by atoms with Gasteiger partial charge in [0, 0.05) is 4.90 Å². The van der Waals surface area contributed by atoms with Crippen molar-refractivity contribution in [1.82, 2.24) is 0 Å². The zero-order valence-electron chi connectivity index (χ0n) is 22.3. The summed E-state index contributed by atoms with van der Waals surface area (Å²) in [5, 5.41) is 0. The fraction of sp³-hybridized carbons (Fsp3) is 0.367. The van der Waals surface area contributed by atoms with Crippen molar-refractivity contribution in [2.45, 2.75) is 67.6 Å². The number of carbonyl (C=O) groups excluding carboxylic acids is 1. The highest BCUT2D eigenvalue weighted by molar-refractivity contribution is 7.99. The van der Waals surface area contributed by atoms with Gasteiger partial charge in [0.1, 0.15) is 23.7 Å². The topological polar surface area (TPSA) is 63.2 Å². The van der Waals surface area contributed by atoms with Crippen molar-refractivity contribution in [3.63, 3.8) is 0 Å². The Morgan fingerprint density at radius 3 is 1.76 bits per heavy atom. The van der Waals surface area contributed by atoms with E-state index in [0.717, 1.165) is 16.0 Å². The molecule has 3 aromatic rings. The van der Waals surface area contributed by atoms with Crippen LogP contribution >= 0.6 is 11.8 Å². The molecule has 38 heavy (non-hydrogen) atoms. The van der Waals surface area contributed by atoms with Crippen LogP contribution in [0.3, 0.4) is 0 Å². The van der Waals surface area contributed by atoms with Crippen molar-refractivity contribution >= 4 is 26.0 Å². The molecule has 0 saturated carbocycles. The van der Waals surface area contributed by atoms with E-state index in [9.17, 15) is 4.79 Å². The van der Waals surface area contributed by atoms with E-state index >= 15 is 0 Å². The van der Waals surface area contributed by atoms with Crippen LogP contribution in [0.25, 0.3) is 0 Å². The van der Waals surface area contributed by atoms with Crippen molar-refractivity contribution in [2.75, 3.05) is 7.11 Å². The summed E-state index contributed by atoms with van der Waals surface area (Å²) in [6.07, 6.45) is -2.74. The second-order valence-electron chi connectivity index (χ2n) is 10.1. The molecule has 1 aliphatic heterocycles. The van der Waals surface area contributed by atoms with Crippen molar-refractivity contribution < 1.29 is 28.2 Å². The van der Waals surface area contributed by atoms with Crippen LogP contribution in [0.1, 0.15) is 11.1 Å². The SMILES string of the molecule is COC(=O)[C@H]1O[C@@H](Sc2ccccc2)[C@H](OCc2ccccc2)[C@@H](OCc2ccccc2)[C@H]1O[Si](C)(C)C. The summed E-state index contributed by atoms with van der Waals surface area (Å²) in [4.78, 5) is 14.1. The fourth-order valence-corrected chi connectivity index (χ4v) is 6.48. The molecule has 1 saturated heterocycles. The van der Waals surface area contributed by atoms with Crippen LogP contribution in [-0.2, 0) is 41.4 Å². The minimum atomic E-state index is -2.14. The third kappa shape index (κ3) is 8.02. The van der Waals surface area contributed by atoms with Crippen LogP contribution in [-0.4, -0.2) is 51.2 Å². The summed E-state index contributed by atoms with van der Waals surface area (Å²) >= 11 is 1.51. The monoisotopic (exact) mass is 552 g/mol. The maximum absolute atomic E-state index is 13.0. The van der Waals surface area contributed by atoms with Gasteiger partial charge in [0.05, 0.1) is 20.3 Å². The van der Waals surface area contributed by atoms with Crippen LogP contribution < -0.4 is 0 Å². The van der Waals surface area contributed by atoms with Crippen molar-refractivity contribution in [2.24, 2.45) is 0 Å². The van der Waals surface area contributed by atoms with Crippen LogP contribution in [0.5, 0.6) is 0 Å². The molecule has 0 aliphatic carbocycles. The second kappa shape index (κ2) is 13.6. The molecule has 0 bridgehead atoms. The van der Waals surface area contributed by atoms with Crippen LogP contribution in [0.4, 0.5) is 0 Å². The first-order chi connectivity index (χ1) is 18.3. The minimum absolute atomic E-state index is 0.346. The van der Waals surface area contributed by atoms with Crippen LogP contribution in [0.15, 0.2) is 95.9 Å². The predicted octanol–water partition coefficient (Wildman–Crippen LogP) is 6.07. The van der Waals surface area contributed by atoms with E-state index in [1.807, 2.05) is 91.0 Å². The highest BCUT2D eigenvalue weighted by Gasteiger charge is 2.52. The van der Waals surface area contributed by atoms with Gasteiger partial charge in [-0.1, -0.05) is 90.6 Å². The van der Waals surface area contributed by atoms with Gasteiger partial charge in [0.15, 0.2) is 14.4 Å². The molecule has 1 fully saturated rings. The maximum Gasteiger partial charge on any atom is 0.337 e. The lowest BCUT2D eigenvalue weighted by Gasteiger charge is -2.46. The first kappa shape index (κ1) is 28.5. The number of methoxy groups -OCH3 is 1. The number of esters is 1. The molecule has 202 valence electrons. The van der Waals surface area contributed by atoms with Crippen LogP contribution in [0, 0.1) is 0 Å². The molecule has 0 amide bonds. The summed E-state index contributed by atoms with van der Waals surface area (Å²) < 4.78 is 31.4. The molecule has 1 aliphatic rings. The third-order valence-electron chi connectivity index (χ3n) is 5.98. The van der Waals surface area contributed by atoms with Crippen molar-refractivity contribution in [1.29, 1.82) is 0 Å². The van der Waals surface area contributed by atoms with Gasteiger partial charge in [-0.2, -0.15) is 0 Å². The Morgan fingerprint density at radius 2 is 1.26 bits per heavy atom. The Kier molecular flexibility index (Phi) is 10.2. The van der Waals surface area contributed by atoms with E-state index in [1.165, 1.54) is 18.9 Å². The first-order valence-corrected chi connectivity index (χ1v) is 17.1. The lowest BCUT2D eigenvalue weighted by atomic mass is 9.99. The number of carbonyl (C=O) groups is 1. The maximum atomic E-state index is 13.0. The van der Waals surface area contributed by atoms with Crippen molar-refractivity contribution in [3.8, 4) is 0 Å².